The average Bonchev–Trinajstić information content (AvgIpc) is 3.52. The molecule has 6 rings (SSSR count). The molecule has 3 aliphatic rings. The summed E-state index contributed by atoms with van der Waals surface area (Å²) in [5, 5.41) is 11.3. The summed E-state index contributed by atoms with van der Waals surface area (Å²) < 4.78 is 21.8. The number of aromatic nitrogens is 2. The number of aldehydes is 1. The highest BCUT2D eigenvalue weighted by Crippen LogP contribution is 2.49. The van der Waals surface area contributed by atoms with Gasteiger partial charge in [-0.05, 0) is 50.0 Å². The molecule has 2 aromatic heterocycles. The number of aliphatic hydroxyl groups is 1. The smallest absolute Gasteiger partial charge is 0.257 e. The van der Waals surface area contributed by atoms with E-state index in [9.17, 15) is 19.1 Å². The lowest BCUT2D eigenvalue weighted by Crippen LogP contribution is -2.30. The zero-order chi connectivity index (χ0) is 24.4. The number of halogens is 1. The standard InChI is InChI=1S/C26H26FN3O4S/c1-13-17(27)8-18-23-22(20(12-35-25(13)23)29-5-3-4-6-29)15-9-30-19(24(15)28-18)7-14(21(32)10-31)16(11-34-2)26(30)33/h7-8,10,20-21,32H,3-6,9,11-12H2,1-2H3. The normalized spacial score (nSPS) is 19.7. The Bertz CT molecular complexity index is 1450. The second-order valence-corrected chi connectivity index (χ2v) is 10.5. The lowest BCUT2D eigenvalue weighted by atomic mass is 9.92. The first-order valence-corrected chi connectivity index (χ1v) is 12.8. The summed E-state index contributed by atoms with van der Waals surface area (Å²) >= 11 is 1.69. The first-order chi connectivity index (χ1) is 16.9. The fourth-order valence-corrected chi connectivity index (χ4v) is 7.26. The summed E-state index contributed by atoms with van der Waals surface area (Å²) in [6.07, 6.45) is 1.27. The number of thioether (sulfide) groups is 1. The van der Waals surface area contributed by atoms with Crippen LogP contribution in [0.25, 0.3) is 22.3 Å². The van der Waals surface area contributed by atoms with Crippen molar-refractivity contribution in [2.24, 2.45) is 0 Å². The predicted octanol–water partition coefficient (Wildman–Crippen LogP) is 3.49. The Morgan fingerprint density at radius 2 is 2.11 bits per heavy atom. The summed E-state index contributed by atoms with van der Waals surface area (Å²) in [5.74, 6) is 0.527. The Hall–Kier alpha value is -2.59. The number of pyridine rings is 2. The van der Waals surface area contributed by atoms with Crippen LogP contribution in [0.4, 0.5) is 4.39 Å². The fourth-order valence-electron chi connectivity index (χ4n) is 5.88. The third-order valence-corrected chi connectivity index (χ3v) is 8.87. The van der Waals surface area contributed by atoms with Gasteiger partial charge in [0.2, 0.25) is 0 Å². The van der Waals surface area contributed by atoms with Crippen molar-refractivity contribution in [1.82, 2.24) is 14.5 Å². The molecule has 0 aliphatic carbocycles. The largest absolute Gasteiger partial charge is 0.381 e. The first-order valence-electron chi connectivity index (χ1n) is 11.9. The molecule has 3 aliphatic heterocycles. The number of nitrogens with zero attached hydrogens (tertiary/aromatic N) is 3. The Morgan fingerprint density at radius 1 is 1.34 bits per heavy atom. The van der Waals surface area contributed by atoms with Gasteiger partial charge in [-0.2, -0.15) is 0 Å². The third kappa shape index (κ3) is 3.32. The number of hydrogen-bond acceptors (Lipinski definition) is 7. The molecule has 182 valence electrons. The second-order valence-electron chi connectivity index (χ2n) is 9.50. The number of aliphatic hydroxyl groups excluding tert-OH is 1. The van der Waals surface area contributed by atoms with E-state index in [1.54, 1.807) is 22.4 Å². The van der Waals surface area contributed by atoms with Gasteiger partial charge in [0.15, 0.2) is 6.29 Å². The van der Waals surface area contributed by atoms with Crippen LogP contribution in [-0.4, -0.2) is 51.8 Å². The molecule has 0 radical (unpaired) electrons. The zero-order valence-electron chi connectivity index (χ0n) is 19.6. The highest BCUT2D eigenvalue weighted by Gasteiger charge is 2.37. The van der Waals surface area contributed by atoms with E-state index in [1.165, 1.54) is 13.2 Å². The van der Waals surface area contributed by atoms with E-state index in [1.807, 2.05) is 6.92 Å². The lowest BCUT2D eigenvalue weighted by Gasteiger charge is -2.34. The summed E-state index contributed by atoms with van der Waals surface area (Å²) in [7, 11) is 1.47. The van der Waals surface area contributed by atoms with E-state index in [0.717, 1.165) is 53.1 Å². The van der Waals surface area contributed by atoms with Gasteiger partial charge < -0.3 is 19.2 Å². The van der Waals surface area contributed by atoms with Gasteiger partial charge in [-0.3, -0.25) is 9.69 Å². The number of ether oxygens (including phenoxy) is 1. The van der Waals surface area contributed by atoms with Crippen LogP contribution < -0.4 is 5.56 Å². The van der Waals surface area contributed by atoms with Crippen molar-refractivity contribution in [3.8, 4) is 11.4 Å². The molecule has 1 aromatic carbocycles. The number of methoxy groups -OCH3 is 1. The maximum absolute atomic E-state index is 14.9. The summed E-state index contributed by atoms with van der Waals surface area (Å²) in [6.45, 7) is 4.17. The molecule has 1 N–H and O–H groups in total. The van der Waals surface area contributed by atoms with Gasteiger partial charge >= 0.3 is 0 Å². The van der Waals surface area contributed by atoms with Crippen LogP contribution in [0.5, 0.6) is 0 Å². The van der Waals surface area contributed by atoms with Crippen LogP contribution in [0, 0.1) is 12.7 Å². The van der Waals surface area contributed by atoms with E-state index in [-0.39, 0.29) is 35.2 Å². The minimum atomic E-state index is -1.44. The molecule has 2 atom stereocenters. The number of hydrogen-bond donors (Lipinski definition) is 1. The monoisotopic (exact) mass is 495 g/mol. The van der Waals surface area contributed by atoms with Crippen molar-refractivity contribution in [2.75, 3.05) is 26.0 Å². The Labute approximate surface area is 205 Å². The van der Waals surface area contributed by atoms with Crippen LogP contribution in [0.1, 0.15) is 52.8 Å². The van der Waals surface area contributed by atoms with Crippen LogP contribution in [0.3, 0.4) is 0 Å². The van der Waals surface area contributed by atoms with Crippen molar-refractivity contribution in [1.29, 1.82) is 0 Å². The minimum Gasteiger partial charge on any atom is -0.381 e. The number of likely N-dealkylation sites (tertiary alicyclic amines) is 1. The van der Waals surface area contributed by atoms with Crippen LogP contribution in [0.15, 0.2) is 21.8 Å². The van der Waals surface area contributed by atoms with Crippen molar-refractivity contribution in [3.63, 3.8) is 0 Å². The molecule has 1 fully saturated rings. The fraction of sp³-hybridized carbons (Fsp3) is 0.423. The van der Waals surface area contributed by atoms with Crippen molar-refractivity contribution >= 4 is 29.0 Å². The van der Waals surface area contributed by atoms with Gasteiger partial charge in [-0.15, -0.1) is 11.8 Å². The molecule has 0 spiro atoms. The molecule has 3 aromatic rings. The lowest BCUT2D eigenvalue weighted by molar-refractivity contribution is -0.115. The molecule has 5 heterocycles. The van der Waals surface area contributed by atoms with Crippen LogP contribution in [-0.2, 0) is 22.7 Å². The molecule has 0 saturated carbocycles. The van der Waals surface area contributed by atoms with E-state index in [2.05, 4.69) is 4.90 Å². The van der Waals surface area contributed by atoms with E-state index < -0.39 is 6.10 Å². The van der Waals surface area contributed by atoms with Gasteiger partial charge in [0.25, 0.3) is 5.56 Å². The van der Waals surface area contributed by atoms with E-state index in [4.69, 9.17) is 9.72 Å². The Morgan fingerprint density at radius 3 is 2.83 bits per heavy atom. The zero-order valence-corrected chi connectivity index (χ0v) is 20.5. The number of rotatable bonds is 5. The SMILES string of the molecule is COCc1c(C(O)C=O)cc2n(c1=O)Cc1c-2nc2cc(F)c(C)c3c2c1C(N1CCCC1)CS3. The quantitative estimate of drug-likeness (QED) is 0.424. The molecule has 0 amide bonds. The molecule has 9 heteroatoms. The summed E-state index contributed by atoms with van der Waals surface area (Å²) in [6, 6.07) is 3.31. The maximum atomic E-state index is 14.9. The van der Waals surface area contributed by atoms with Gasteiger partial charge in [0.1, 0.15) is 11.9 Å². The maximum Gasteiger partial charge on any atom is 0.257 e. The Kier molecular flexibility index (Phi) is 5.56. The van der Waals surface area contributed by atoms with Crippen molar-refractivity contribution in [2.45, 2.75) is 50.0 Å². The number of benzene rings is 1. The molecular weight excluding hydrogens is 469 g/mol. The summed E-state index contributed by atoms with van der Waals surface area (Å²) in [4.78, 5) is 33.3. The molecule has 7 nitrogen and oxygen atoms in total. The summed E-state index contributed by atoms with van der Waals surface area (Å²) in [5.41, 5.74) is 4.67. The topological polar surface area (TPSA) is 84.7 Å². The van der Waals surface area contributed by atoms with Gasteiger partial charge in [-0.1, -0.05) is 0 Å². The molecule has 35 heavy (non-hydrogen) atoms. The minimum absolute atomic E-state index is 0.0143. The van der Waals surface area contributed by atoms with Crippen LogP contribution in [0.2, 0.25) is 0 Å². The second kappa shape index (κ2) is 8.51. The van der Waals surface area contributed by atoms with Gasteiger partial charge in [0, 0.05) is 51.9 Å². The highest BCUT2D eigenvalue weighted by molar-refractivity contribution is 7.99. The number of fused-ring (bicyclic) bond motifs is 4. The number of carbonyl (C=O) groups excluding carboxylic acids is 1. The van der Waals surface area contributed by atoms with E-state index in [0.29, 0.717) is 35.3 Å². The molecular formula is C26H26FN3O4S. The van der Waals surface area contributed by atoms with Gasteiger partial charge in [-0.25, -0.2) is 9.37 Å². The average molecular weight is 496 g/mol. The molecule has 1 saturated heterocycles. The van der Waals surface area contributed by atoms with Crippen molar-refractivity contribution in [3.05, 3.63) is 56.1 Å². The van der Waals surface area contributed by atoms with E-state index >= 15 is 0 Å². The van der Waals surface area contributed by atoms with Crippen molar-refractivity contribution < 1.29 is 19.0 Å². The molecule has 0 bridgehead atoms. The first kappa shape index (κ1) is 22.8. The Balaban J connectivity index is 1.66. The predicted molar refractivity (Wildman–Crippen MR) is 131 cm³/mol. The highest BCUT2D eigenvalue weighted by atomic mass is 32.2. The third-order valence-electron chi connectivity index (χ3n) is 7.59. The van der Waals surface area contributed by atoms with Gasteiger partial charge in [0.05, 0.1) is 30.1 Å². The molecule has 2 unspecified atom stereocenters. The number of carbonyl (C=O) groups is 1. The van der Waals surface area contributed by atoms with Crippen LogP contribution >= 0.6 is 11.8 Å².